The fourth-order valence-corrected chi connectivity index (χ4v) is 4.04. The van der Waals surface area contributed by atoms with E-state index < -0.39 is 10.0 Å². The van der Waals surface area contributed by atoms with Crippen LogP contribution in [0.3, 0.4) is 0 Å². The second-order valence-corrected chi connectivity index (χ2v) is 7.83. The van der Waals surface area contributed by atoms with Gasteiger partial charge in [-0.25, -0.2) is 18.1 Å². The Kier molecular flexibility index (Phi) is 5.50. The van der Waals surface area contributed by atoms with Gasteiger partial charge in [0.15, 0.2) is 11.5 Å². The Bertz CT molecular complexity index is 988. The zero-order valence-electron chi connectivity index (χ0n) is 14.2. The summed E-state index contributed by atoms with van der Waals surface area (Å²) in [6.07, 6.45) is 1.69. The Hall–Kier alpha value is -2.49. The molecule has 7 nitrogen and oxygen atoms in total. The topological polar surface area (TPSA) is 90.4 Å². The van der Waals surface area contributed by atoms with E-state index in [2.05, 4.69) is 14.7 Å². The van der Waals surface area contributed by atoms with Gasteiger partial charge in [0.25, 0.3) is 0 Å². The lowest BCUT2D eigenvalue weighted by molar-refractivity contribution is 0.354. The zero-order valence-corrected chi connectivity index (χ0v) is 15.8. The average Bonchev–Trinajstić information content (AvgIpc) is 3.15. The molecule has 3 rings (SSSR count). The number of hydrogen-bond donors (Lipinski definition) is 1. The van der Waals surface area contributed by atoms with E-state index in [1.165, 1.54) is 37.7 Å². The summed E-state index contributed by atoms with van der Waals surface area (Å²) in [4.78, 5) is 8.75. The number of nitrogens with one attached hydrogen (secondary N) is 1. The van der Waals surface area contributed by atoms with Crippen molar-refractivity contribution in [1.29, 1.82) is 0 Å². The van der Waals surface area contributed by atoms with E-state index in [1.807, 2.05) is 18.2 Å². The molecule has 0 amide bonds. The molecule has 0 aliphatic heterocycles. The first-order valence-electron chi connectivity index (χ1n) is 7.61. The minimum Gasteiger partial charge on any atom is -0.493 e. The van der Waals surface area contributed by atoms with Crippen molar-refractivity contribution in [3.05, 3.63) is 53.7 Å². The number of sulfonamides is 1. The molecule has 136 valence electrons. The van der Waals surface area contributed by atoms with Crippen LogP contribution in [0.1, 0.15) is 5.69 Å². The first-order valence-corrected chi connectivity index (χ1v) is 9.97. The third kappa shape index (κ3) is 4.01. The zero-order chi connectivity index (χ0) is 18.6. The van der Waals surface area contributed by atoms with E-state index in [9.17, 15) is 8.42 Å². The Balaban J connectivity index is 1.74. The summed E-state index contributed by atoms with van der Waals surface area (Å²) in [7, 11) is -0.762. The van der Waals surface area contributed by atoms with Crippen molar-refractivity contribution < 1.29 is 17.9 Å². The van der Waals surface area contributed by atoms with Gasteiger partial charge in [-0.05, 0) is 24.3 Å². The summed E-state index contributed by atoms with van der Waals surface area (Å²) < 4.78 is 37.8. The van der Waals surface area contributed by atoms with Crippen LogP contribution in [0.4, 0.5) is 0 Å². The van der Waals surface area contributed by atoms with Crippen molar-refractivity contribution >= 4 is 21.4 Å². The second kappa shape index (κ2) is 7.81. The predicted molar refractivity (Wildman–Crippen MR) is 98.9 cm³/mol. The molecule has 0 aliphatic rings. The SMILES string of the molecule is COc1ccc(S(=O)(=O)NCc2csc(-c3ccccn3)n2)cc1OC. The number of pyridine rings is 1. The third-order valence-electron chi connectivity index (χ3n) is 3.54. The Morgan fingerprint density at radius 3 is 2.62 bits per heavy atom. The standard InChI is InChI=1S/C17H17N3O4S2/c1-23-15-7-6-13(9-16(15)24-2)26(21,22)19-10-12-11-25-17(20-12)14-5-3-4-8-18-14/h3-9,11,19H,10H2,1-2H3. The summed E-state index contributed by atoms with van der Waals surface area (Å²) in [6, 6.07) is 10.00. The van der Waals surface area contributed by atoms with Gasteiger partial charge in [0.05, 0.1) is 37.0 Å². The predicted octanol–water partition coefficient (Wildman–Crippen LogP) is 2.70. The Labute approximate surface area is 155 Å². The van der Waals surface area contributed by atoms with Gasteiger partial charge >= 0.3 is 0 Å². The van der Waals surface area contributed by atoms with Gasteiger partial charge in [-0.1, -0.05) is 6.07 Å². The van der Waals surface area contributed by atoms with Gasteiger partial charge in [-0.3, -0.25) is 4.98 Å². The highest BCUT2D eigenvalue weighted by molar-refractivity contribution is 7.89. The first kappa shape index (κ1) is 18.3. The summed E-state index contributed by atoms with van der Waals surface area (Å²) in [6.45, 7) is 0.0833. The lowest BCUT2D eigenvalue weighted by Gasteiger charge is -2.10. The molecule has 0 aliphatic carbocycles. The van der Waals surface area contributed by atoms with Crippen LogP contribution in [0.5, 0.6) is 11.5 Å². The second-order valence-electron chi connectivity index (χ2n) is 5.20. The molecular weight excluding hydrogens is 374 g/mol. The van der Waals surface area contributed by atoms with E-state index >= 15 is 0 Å². The van der Waals surface area contributed by atoms with Gasteiger partial charge < -0.3 is 9.47 Å². The maximum atomic E-state index is 12.5. The molecule has 2 heterocycles. The molecule has 3 aromatic rings. The van der Waals surface area contributed by atoms with Crippen LogP contribution in [0, 0.1) is 0 Å². The fourth-order valence-electron chi connectivity index (χ4n) is 2.23. The molecule has 0 spiro atoms. The molecule has 2 aromatic heterocycles. The van der Waals surface area contributed by atoms with Gasteiger partial charge in [-0.15, -0.1) is 11.3 Å². The molecule has 9 heteroatoms. The number of hydrogen-bond acceptors (Lipinski definition) is 7. The van der Waals surface area contributed by atoms with Crippen molar-refractivity contribution in [3.63, 3.8) is 0 Å². The number of aromatic nitrogens is 2. The maximum Gasteiger partial charge on any atom is 0.241 e. The molecule has 0 unspecified atom stereocenters. The van der Waals surface area contributed by atoms with Crippen LogP contribution in [-0.4, -0.2) is 32.6 Å². The Morgan fingerprint density at radius 1 is 1.12 bits per heavy atom. The highest BCUT2D eigenvalue weighted by atomic mass is 32.2. The molecule has 0 fully saturated rings. The van der Waals surface area contributed by atoms with E-state index in [4.69, 9.17) is 9.47 Å². The lowest BCUT2D eigenvalue weighted by atomic mass is 10.3. The normalized spacial score (nSPS) is 11.3. The van der Waals surface area contributed by atoms with Crippen LogP contribution in [-0.2, 0) is 16.6 Å². The highest BCUT2D eigenvalue weighted by Gasteiger charge is 2.17. The number of nitrogens with zero attached hydrogens (tertiary/aromatic N) is 2. The fraction of sp³-hybridized carbons (Fsp3) is 0.176. The first-order chi connectivity index (χ1) is 12.5. The van der Waals surface area contributed by atoms with Gasteiger partial charge in [0.2, 0.25) is 10.0 Å². The average molecular weight is 391 g/mol. The largest absolute Gasteiger partial charge is 0.493 e. The molecule has 0 radical (unpaired) electrons. The van der Waals surface area contributed by atoms with Crippen molar-refractivity contribution in [3.8, 4) is 22.2 Å². The molecule has 26 heavy (non-hydrogen) atoms. The highest BCUT2D eigenvalue weighted by Crippen LogP contribution is 2.29. The van der Waals surface area contributed by atoms with E-state index in [1.54, 1.807) is 17.6 Å². The monoisotopic (exact) mass is 391 g/mol. The third-order valence-corrected chi connectivity index (χ3v) is 5.86. The molecule has 0 saturated carbocycles. The van der Waals surface area contributed by atoms with Crippen LogP contribution < -0.4 is 14.2 Å². The molecular formula is C17H17N3O4S2. The van der Waals surface area contributed by atoms with Crippen LogP contribution >= 0.6 is 11.3 Å². The van der Waals surface area contributed by atoms with Gasteiger partial charge in [-0.2, -0.15) is 0 Å². The quantitative estimate of drug-likeness (QED) is 0.666. The maximum absolute atomic E-state index is 12.5. The van der Waals surface area contributed by atoms with Crippen molar-refractivity contribution in [2.24, 2.45) is 0 Å². The molecule has 1 N–H and O–H groups in total. The lowest BCUT2D eigenvalue weighted by Crippen LogP contribution is -2.23. The number of methoxy groups -OCH3 is 2. The van der Waals surface area contributed by atoms with E-state index in [0.29, 0.717) is 17.2 Å². The smallest absolute Gasteiger partial charge is 0.241 e. The van der Waals surface area contributed by atoms with Crippen molar-refractivity contribution in [1.82, 2.24) is 14.7 Å². The number of rotatable bonds is 7. The van der Waals surface area contributed by atoms with Crippen LogP contribution in [0.15, 0.2) is 52.9 Å². The summed E-state index contributed by atoms with van der Waals surface area (Å²) in [5, 5.41) is 2.55. The van der Waals surface area contributed by atoms with E-state index in [0.717, 1.165) is 10.7 Å². The van der Waals surface area contributed by atoms with Crippen LogP contribution in [0.25, 0.3) is 10.7 Å². The molecule has 0 bridgehead atoms. The van der Waals surface area contributed by atoms with Crippen LogP contribution in [0.2, 0.25) is 0 Å². The number of benzene rings is 1. The Morgan fingerprint density at radius 2 is 1.92 bits per heavy atom. The summed E-state index contributed by atoms with van der Waals surface area (Å²) in [5.74, 6) is 0.812. The van der Waals surface area contributed by atoms with Crippen molar-refractivity contribution in [2.75, 3.05) is 14.2 Å². The summed E-state index contributed by atoms with van der Waals surface area (Å²) in [5.41, 5.74) is 1.38. The van der Waals surface area contributed by atoms with Crippen molar-refractivity contribution in [2.45, 2.75) is 11.4 Å². The van der Waals surface area contributed by atoms with Gasteiger partial charge in [0.1, 0.15) is 5.01 Å². The molecule has 1 aromatic carbocycles. The minimum absolute atomic E-state index is 0.0833. The molecule has 0 atom stereocenters. The van der Waals surface area contributed by atoms with E-state index in [-0.39, 0.29) is 11.4 Å². The number of ether oxygens (including phenoxy) is 2. The minimum atomic E-state index is -3.71. The summed E-state index contributed by atoms with van der Waals surface area (Å²) >= 11 is 1.42. The van der Waals surface area contributed by atoms with Gasteiger partial charge in [0, 0.05) is 17.6 Å². The number of thiazole rings is 1. The molecule has 0 saturated heterocycles.